The van der Waals surface area contributed by atoms with E-state index in [0.717, 1.165) is 5.56 Å². The highest BCUT2D eigenvalue weighted by molar-refractivity contribution is 6.31. The Morgan fingerprint density at radius 2 is 1.88 bits per heavy atom. The fourth-order valence-electron chi connectivity index (χ4n) is 1.21. The molecule has 2 nitrogen and oxygen atoms in total. The molecule has 0 saturated carbocycles. The maximum absolute atomic E-state index is 12.9. The topological polar surface area (TPSA) is 25.8 Å². The van der Waals surface area contributed by atoms with Gasteiger partial charge in [0.15, 0.2) is 5.82 Å². The van der Waals surface area contributed by atoms with Crippen molar-refractivity contribution in [2.45, 2.75) is 5.88 Å². The van der Waals surface area contributed by atoms with E-state index in [1.807, 2.05) is 0 Å². The Kier molecular flexibility index (Phi) is 3.36. The predicted octanol–water partition coefficient (Wildman–Crippen LogP) is 3.67. The molecule has 16 heavy (non-hydrogen) atoms. The minimum absolute atomic E-state index is 0.0579. The first kappa shape index (κ1) is 11.3. The summed E-state index contributed by atoms with van der Waals surface area (Å²) in [5, 5.41) is 0.0579. The molecule has 0 bridgehead atoms. The van der Waals surface area contributed by atoms with Gasteiger partial charge in [-0.05, 0) is 18.2 Å². The molecular weight excluding hydrogens is 250 g/mol. The van der Waals surface area contributed by atoms with Crippen molar-refractivity contribution in [3.05, 3.63) is 47.0 Å². The summed E-state index contributed by atoms with van der Waals surface area (Å²) in [6.45, 7) is 0. The van der Waals surface area contributed by atoms with Crippen LogP contribution in [0.5, 0.6) is 0 Å². The average Bonchev–Trinajstić information content (AvgIpc) is 2.33. The van der Waals surface area contributed by atoms with E-state index in [-0.39, 0.29) is 5.02 Å². The Balaban J connectivity index is 2.38. The van der Waals surface area contributed by atoms with E-state index in [0.29, 0.717) is 17.3 Å². The van der Waals surface area contributed by atoms with Gasteiger partial charge in [-0.1, -0.05) is 11.6 Å². The molecule has 1 heterocycles. The first-order chi connectivity index (χ1) is 7.70. The largest absolute Gasteiger partial charge is 0.236 e. The summed E-state index contributed by atoms with van der Waals surface area (Å²) in [5.74, 6) is 0.406. The fourth-order valence-corrected chi connectivity index (χ4v) is 1.53. The standard InChI is InChI=1S/C11H7Cl2FN2/c12-4-7-5-15-11(16-6-7)8-1-2-10(14)9(13)3-8/h1-3,5-6H,4H2. The second kappa shape index (κ2) is 4.76. The highest BCUT2D eigenvalue weighted by Crippen LogP contribution is 2.22. The first-order valence-electron chi connectivity index (χ1n) is 4.53. The highest BCUT2D eigenvalue weighted by Gasteiger charge is 2.05. The minimum atomic E-state index is -0.456. The van der Waals surface area contributed by atoms with Crippen LogP contribution in [0.15, 0.2) is 30.6 Å². The molecule has 0 atom stereocenters. The Hall–Kier alpha value is -1.19. The molecule has 0 saturated heterocycles. The van der Waals surface area contributed by atoms with Crippen LogP contribution < -0.4 is 0 Å². The van der Waals surface area contributed by atoms with E-state index in [2.05, 4.69) is 9.97 Å². The molecule has 0 aliphatic rings. The Labute approximate surface area is 102 Å². The number of benzene rings is 1. The van der Waals surface area contributed by atoms with Crippen molar-refractivity contribution < 1.29 is 4.39 Å². The maximum atomic E-state index is 12.9. The third kappa shape index (κ3) is 2.31. The van der Waals surface area contributed by atoms with Crippen molar-refractivity contribution in [3.8, 4) is 11.4 Å². The number of nitrogens with zero attached hydrogens (tertiary/aromatic N) is 2. The summed E-state index contributed by atoms with van der Waals surface area (Å²) in [6, 6.07) is 4.36. The third-order valence-electron chi connectivity index (χ3n) is 2.04. The SMILES string of the molecule is Fc1ccc(-c2ncc(CCl)cn2)cc1Cl. The Morgan fingerprint density at radius 3 is 2.44 bits per heavy atom. The molecule has 0 aliphatic carbocycles. The summed E-state index contributed by atoms with van der Waals surface area (Å²) in [5.41, 5.74) is 1.51. The van der Waals surface area contributed by atoms with Crippen molar-refractivity contribution in [3.63, 3.8) is 0 Å². The van der Waals surface area contributed by atoms with Gasteiger partial charge in [0.25, 0.3) is 0 Å². The molecule has 0 aliphatic heterocycles. The van der Waals surface area contributed by atoms with Crippen LogP contribution in [0, 0.1) is 5.82 Å². The van der Waals surface area contributed by atoms with Gasteiger partial charge in [-0.2, -0.15) is 0 Å². The number of aromatic nitrogens is 2. The first-order valence-corrected chi connectivity index (χ1v) is 5.44. The van der Waals surface area contributed by atoms with Gasteiger partial charge >= 0.3 is 0 Å². The predicted molar refractivity (Wildman–Crippen MR) is 62.0 cm³/mol. The molecule has 2 rings (SSSR count). The summed E-state index contributed by atoms with van der Waals surface area (Å²) in [6.07, 6.45) is 3.26. The molecule has 1 aromatic heterocycles. The summed E-state index contributed by atoms with van der Waals surface area (Å²) in [7, 11) is 0. The van der Waals surface area contributed by atoms with Gasteiger partial charge in [-0.25, -0.2) is 14.4 Å². The van der Waals surface area contributed by atoms with Gasteiger partial charge in [0, 0.05) is 23.5 Å². The van der Waals surface area contributed by atoms with Gasteiger partial charge in [0.1, 0.15) is 5.82 Å². The van der Waals surface area contributed by atoms with Crippen LogP contribution in [0.2, 0.25) is 5.02 Å². The molecule has 0 radical (unpaired) electrons. The van der Waals surface area contributed by atoms with Crippen LogP contribution in [0.1, 0.15) is 5.56 Å². The van der Waals surface area contributed by atoms with E-state index in [9.17, 15) is 4.39 Å². The third-order valence-corrected chi connectivity index (χ3v) is 2.64. The lowest BCUT2D eigenvalue weighted by Gasteiger charge is -2.01. The Morgan fingerprint density at radius 1 is 1.19 bits per heavy atom. The van der Waals surface area contributed by atoms with E-state index >= 15 is 0 Å². The molecule has 5 heteroatoms. The second-order valence-electron chi connectivity index (χ2n) is 3.18. The monoisotopic (exact) mass is 256 g/mol. The summed E-state index contributed by atoms with van der Waals surface area (Å²) >= 11 is 11.3. The molecule has 82 valence electrons. The van der Waals surface area contributed by atoms with Gasteiger partial charge in [0.05, 0.1) is 10.9 Å². The second-order valence-corrected chi connectivity index (χ2v) is 3.85. The van der Waals surface area contributed by atoms with Crippen molar-refractivity contribution in [1.82, 2.24) is 9.97 Å². The zero-order valence-corrected chi connectivity index (χ0v) is 9.63. The molecular formula is C11H7Cl2FN2. The number of hydrogen-bond donors (Lipinski definition) is 0. The highest BCUT2D eigenvalue weighted by atomic mass is 35.5. The molecule has 0 fully saturated rings. The zero-order chi connectivity index (χ0) is 11.5. The van der Waals surface area contributed by atoms with Crippen LogP contribution in [0.4, 0.5) is 4.39 Å². The van der Waals surface area contributed by atoms with Gasteiger partial charge in [-0.3, -0.25) is 0 Å². The zero-order valence-electron chi connectivity index (χ0n) is 8.12. The normalized spacial score (nSPS) is 10.4. The van der Waals surface area contributed by atoms with E-state index in [1.54, 1.807) is 18.5 Å². The van der Waals surface area contributed by atoms with Crippen molar-refractivity contribution >= 4 is 23.2 Å². The van der Waals surface area contributed by atoms with Crippen LogP contribution in [0.25, 0.3) is 11.4 Å². The maximum Gasteiger partial charge on any atom is 0.159 e. The molecule has 0 amide bonds. The van der Waals surface area contributed by atoms with E-state index < -0.39 is 5.82 Å². The smallest absolute Gasteiger partial charge is 0.159 e. The van der Waals surface area contributed by atoms with Crippen molar-refractivity contribution in [2.24, 2.45) is 0 Å². The van der Waals surface area contributed by atoms with Crippen LogP contribution in [0.3, 0.4) is 0 Å². The molecule has 1 aromatic carbocycles. The van der Waals surface area contributed by atoms with Crippen LogP contribution >= 0.6 is 23.2 Å². The van der Waals surface area contributed by atoms with Crippen molar-refractivity contribution in [1.29, 1.82) is 0 Å². The van der Waals surface area contributed by atoms with E-state index in [4.69, 9.17) is 23.2 Å². The van der Waals surface area contributed by atoms with Crippen LogP contribution in [-0.2, 0) is 5.88 Å². The van der Waals surface area contributed by atoms with Crippen LogP contribution in [-0.4, -0.2) is 9.97 Å². The van der Waals surface area contributed by atoms with Gasteiger partial charge in [-0.15, -0.1) is 11.6 Å². The quantitative estimate of drug-likeness (QED) is 0.767. The molecule has 2 aromatic rings. The molecule has 0 spiro atoms. The Bertz CT molecular complexity index is 500. The van der Waals surface area contributed by atoms with Gasteiger partial charge < -0.3 is 0 Å². The van der Waals surface area contributed by atoms with Crippen molar-refractivity contribution in [2.75, 3.05) is 0 Å². The fraction of sp³-hybridized carbons (Fsp3) is 0.0909. The number of hydrogen-bond acceptors (Lipinski definition) is 2. The lowest BCUT2D eigenvalue weighted by atomic mass is 10.2. The average molecular weight is 257 g/mol. The number of alkyl halides is 1. The van der Waals surface area contributed by atoms with E-state index in [1.165, 1.54) is 12.1 Å². The summed E-state index contributed by atoms with van der Waals surface area (Å²) < 4.78 is 12.9. The lowest BCUT2D eigenvalue weighted by Crippen LogP contribution is -1.91. The lowest BCUT2D eigenvalue weighted by molar-refractivity contribution is 0.628. The number of halogens is 3. The van der Waals surface area contributed by atoms with Gasteiger partial charge in [0.2, 0.25) is 0 Å². The summed E-state index contributed by atoms with van der Waals surface area (Å²) in [4.78, 5) is 8.23. The molecule has 0 N–H and O–H groups in total. The molecule has 0 unspecified atom stereocenters. The minimum Gasteiger partial charge on any atom is -0.236 e. The number of rotatable bonds is 2.